The number of methoxy groups -OCH3 is 1. The molecule has 1 amide bonds. The maximum Gasteiger partial charge on any atom is 0.259 e. The van der Waals surface area contributed by atoms with E-state index in [0.717, 1.165) is 32.8 Å². The lowest BCUT2D eigenvalue weighted by Crippen LogP contribution is -2.38. The zero-order valence-electron chi connectivity index (χ0n) is 13.0. The number of nitrogens with zero attached hydrogens (tertiary/aromatic N) is 3. The first-order chi connectivity index (χ1) is 10.1. The number of aromatic nitrogens is 1. The van der Waals surface area contributed by atoms with E-state index in [9.17, 15) is 4.79 Å². The second-order valence-corrected chi connectivity index (χ2v) is 6.05. The maximum atomic E-state index is 12.7. The molecule has 2 aliphatic heterocycles. The van der Waals surface area contributed by atoms with Gasteiger partial charge in [-0.3, -0.25) is 9.69 Å². The summed E-state index contributed by atoms with van der Waals surface area (Å²) < 4.78 is 10.3. The Bertz CT molecular complexity index is 509. The van der Waals surface area contributed by atoms with E-state index >= 15 is 0 Å². The number of amides is 1. The van der Waals surface area contributed by atoms with E-state index < -0.39 is 0 Å². The van der Waals surface area contributed by atoms with Gasteiger partial charge in [0.1, 0.15) is 11.3 Å². The van der Waals surface area contributed by atoms with Crippen LogP contribution in [0.25, 0.3) is 0 Å². The third-order valence-corrected chi connectivity index (χ3v) is 4.78. The van der Waals surface area contributed by atoms with Gasteiger partial charge in [0.2, 0.25) is 0 Å². The highest BCUT2D eigenvalue weighted by atomic mass is 16.5. The van der Waals surface area contributed by atoms with Crippen molar-refractivity contribution in [3.8, 4) is 0 Å². The van der Waals surface area contributed by atoms with Crippen molar-refractivity contribution < 1.29 is 14.1 Å². The van der Waals surface area contributed by atoms with Gasteiger partial charge in [-0.15, -0.1) is 0 Å². The number of aryl methyl sites for hydroxylation is 2. The van der Waals surface area contributed by atoms with Gasteiger partial charge in [0.15, 0.2) is 0 Å². The van der Waals surface area contributed by atoms with Crippen molar-refractivity contribution in [3.05, 3.63) is 17.0 Å². The molecule has 21 heavy (non-hydrogen) atoms. The molecular formula is C15H23N3O3. The van der Waals surface area contributed by atoms with Crippen LogP contribution in [0.5, 0.6) is 0 Å². The minimum atomic E-state index is 0.0624. The summed E-state index contributed by atoms with van der Waals surface area (Å²) in [5.41, 5.74) is 1.32. The Kier molecular flexibility index (Phi) is 3.99. The molecule has 3 rings (SSSR count). The molecule has 0 aliphatic carbocycles. The minimum absolute atomic E-state index is 0.0624. The van der Waals surface area contributed by atoms with Crippen molar-refractivity contribution in [1.29, 1.82) is 0 Å². The Hall–Kier alpha value is -1.40. The molecule has 0 spiro atoms. The number of rotatable bonds is 4. The van der Waals surface area contributed by atoms with Gasteiger partial charge in [-0.1, -0.05) is 5.16 Å². The van der Waals surface area contributed by atoms with E-state index in [0.29, 0.717) is 29.0 Å². The van der Waals surface area contributed by atoms with Gasteiger partial charge in [0.05, 0.1) is 12.3 Å². The number of likely N-dealkylation sites (tertiary alicyclic amines) is 2. The number of carbonyl (C=O) groups excluding carboxylic acids is 1. The smallest absolute Gasteiger partial charge is 0.259 e. The third kappa shape index (κ3) is 2.58. The molecule has 1 aromatic heterocycles. The van der Waals surface area contributed by atoms with E-state index in [1.54, 1.807) is 14.0 Å². The number of hydrogen-bond acceptors (Lipinski definition) is 5. The Balaban J connectivity index is 1.69. The summed E-state index contributed by atoms with van der Waals surface area (Å²) in [6.45, 7) is 8.09. The molecule has 0 aromatic carbocycles. The molecule has 6 heteroatoms. The van der Waals surface area contributed by atoms with Crippen LogP contribution in [0.4, 0.5) is 0 Å². The first kappa shape index (κ1) is 14.5. The van der Waals surface area contributed by atoms with E-state index in [1.807, 2.05) is 11.8 Å². The topological polar surface area (TPSA) is 58.8 Å². The van der Waals surface area contributed by atoms with E-state index in [-0.39, 0.29) is 5.91 Å². The van der Waals surface area contributed by atoms with Gasteiger partial charge in [0, 0.05) is 32.8 Å². The van der Waals surface area contributed by atoms with Crippen molar-refractivity contribution >= 4 is 5.91 Å². The van der Waals surface area contributed by atoms with Crippen LogP contribution in [0.1, 0.15) is 28.2 Å². The minimum Gasteiger partial charge on any atom is -0.383 e. The van der Waals surface area contributed by atoms with Crippen LogP contribution in [0, 0.1) is 19.8 Å². The molecule has 6 nitrogen and oxygen atoms in total. The average molecular weight is 293 g/mol. The van der Waals surface area contributed by atoms with E-state index in [4.69, 9.17) is 9.26 Å². The maximum absolute atomic E-state index is 12.7. The summed E-state index contributed by atoms with van der Waals surface area (Å²) >= 11 is 0. The first-order valence-corrected chi connectivity index (χ1v) is 7.57. The molecule has 2 atom stereocenters. The van der Waals surface area contributed by atoms with E-state index in [1.165, 1.54) is 6.42 Å². The van der Waals surface area contributed by atoms with Gasteiger partial charge in [-0.05, 0) is 32.7 Å². The van der Waals surface area contributed by atoms with Crippen molar-refractivity contribution in [3.63, 3.8) is 0 Å². The normalized spacial score (nSPS) is 25.6. The highest BCUT2D eigenvalue weighted by Gasteiger charge is 2.43. The number of fused-ring (bicyclic) bond motifs is 1. The first-order valence-electron chi connectivity index (χ1n) is 7.57. The predicted octanol–water partition coefficient (Wildman–Crippen LogP) is 1.08. The summed E-state index contributed by atoms with van der Waals surface area (Å²) in [4.78, 5) is 17.1. The lowest BCUT2D eigenvalue weighted by atomic mass is 10.1. The number of hydrogen-bond donors (Lipinski definition) is 0. The standard InChI is InChI=1S/C15H23N3O3/c1-10-14(11(2)21-16-10)15(19)18-8-12-4-5-17(6-7-20-3)13(12)9-18/h12-13H,4-9H2,1-3H3/t12-,13+/m1/s1. The third-order valence-electron chi connectivity index (χ3n) is 4.78. The average Bonchev–Trinajstić information content (AvgIpc) is 3.11. The highest BCUT2D eigenvalue weighted by Crippen LogP contribution is 2.32. The molecule has 3 heterocycles. The monoisotopic (exact) mass is 293 g/mol. The molecular weight excluding hydrogens is 270 g/mol. The fourth-order valence-electron chi connectivity index (χ4n) is 3.65. The summed E-state index contributed by atoms with van der Waals surface area (Å²) in [5.74, 6) is 1.27. The lowest BCUT2D eigenvalue weighted by Gasteiger charge is -2.24. The van der Waals surface area contributed by atoms with Gasteiger partial charge in [0.25, 0.3) is 5.91 Å². The summed E-state index contributed by atoms with van der Waals surface area (Å²) in [5, 5.41) is 3.89. The Morgan fingerprint density at radius 2 is 2.24 bits per heavy atom. The molecule has 2 saturated heterocycles. The van der Waals surface area contributed by atoms with E-state index in [2.05, 4.69) is 10.1 Å². The number of ether oxygens (including phenoxy) is 1. The SMILES string of the molecule is COCCN1CC[C@@H]2CN(C(=O)c3c(C)noc3C)C[C@@H]21. The van der Waals surface area contributed by atoms with Crippen molar-refractivity contribution in [2.45, 2.75) is 26.3 Å². The molecule has 2 aliphatic rings. The molecule has 0 bridgehead atoms. The fraction of sp³-hybridized carbons (Fsp3) is 0.733. The highest BCUT2D eigenvalue weighted by molar-refractivity contribution is 5.96. The van der Waals surface area contributed by atoms with Crippen LogP contribution in [-0.4, -0.2) is 66.8 Å². The van der Waals surface area contributed by atoms with Crippen molar-refractivity contribution in [2.24, 2.45) is 5.92 Å². The second-order valence-electron chi connectivity index (χ2n) is 6.05. The van der Waals surface area contributed by atoms with Crippen molar-refractivity contribution in [2.75, 3.05) is 39.9 Å². The van der Waals surface area contributed by atoms with Gasteiger partial charge >= 0.3 is 0 Å². The molecule has 0 N–H and O–H groups in total. The quantitative estimate of drug-likeness (QED) is 0.831. The Morgan fingerprint density at radius 3 is 2.90 bits per heavy atom. The molecule has 116 valence electrons. The summed E-state index contributed by atoms with van der Waals surface area (Å²) in [6.07, 6.45) is 1.17. The van der Waals surface area contributed by atoms with Crippen LogP contribution in [-0.2, 0) is 4.74 Å². The summed E-state index contributed by atoms with van der Waals surface area (Å²) in [7, 11) is 1.73. The molecule has 1 aromatic rings. The van der Waals surface area contributed by atoms with Gasteiger partial charge in [-0.2, -0.15) is 0 Å². The molecule has 0 unspecified atom stereocenters. The van der Waals surface area contributed by atoms with Crippen molar-refractivity contribution in [1.82, 2.24) is 15.0 Å². The largest absolute Gasteiger partial charge is 0.383 e. The summed E-state index contributed by atoms with van der Waals surface area (Å²) in [6, 6.07) is 0.476. The zero-order valence-corrected chi connectivity index (χ0v) is 13.0. The van der Waals surface area contributed by atoms with Crippen LogP contribution in [0.3, 0.4) is 0 Å². The van der Waals surface area contributed by atoms with Crippen LogP contribution < -0.4 is 0 Å². The molecule has 0 saturated carbocycles. The second kappa shape index (κ2) is 5.77. The zero-order chi connectivity index (χ0) is 15.0. The molecule has 2 fully saturated rings. The lowest BCUT2D eigenvalue weighted by molar-refractivity contribution is 0.0762. The van der Waals surface area contributed by atoms with Crippen LogP contribution in [0.2, 0.25) is 0 Å². The Morgan fingerprint density at radius 1 is 1.43 bits per heavy atom. The molecule has 0 radical (unpaired) electrons. The number of carbonyl (C=O) groups is 1. The van der Waals surface area contributed by atoms with Crippen LogP contribution in [0.15, 0.2) is 4.52 Å². The Labute approximate surface area is 125 Å². The fourth-order valence-corrected chi connectivity index (χ4v) is 3.65. The van der Waals surface area contributed by atoms with Gasteiger partial charge in [-0.25, -0.2) is 0 Å². The van der Waals surface area contributed by atoms with Crippen LogP contribution >= 0.6 is 0 Å². The van der Waals surface area contributed by atoms with Gasteiger partial charge < -0.3 is 14.2 Å². The predicted molar refractivity (Wildman–Crippen MR) is 77.2 cm³/mol.